The minimum atomic E-state index is -4.43. The number of carbonyl (C=O) groups is 1. The summed E-state index contributed by atoms with van der Waals surface area (Å²) in [5.41, 5.74) is 5.55. The van der Waals surface area contributed by atoms with E-state index in [1.54, 1.807) is 19.1 Å². The predicted octanol–water partition coefficient (Wildman–Crippen LogP) is 2.69. The second kappa shape index (κ2) is 7.33. The number of nitrogens with two attached hydrogens (primary N) is 1. The molecule has 0 saturated carbocycles. The van der Waals surface area contributed by atoms with Gasteiger partial charge in [0.15, 0.2) is 0 Å². The van der Waals surface area contributed by atoms with E-state index >= 15 is 0 Å². The molecule has 0 aliphatic carbocycles. The lowest BCUT2D eigenvalue weighted by Crippen LogP contribution is -2.38. The van der Waals surface area contributed by atoms with E-state index in [1.807, 2.05) is 0 Å². The molecule has 7 heteroatoms. The Balaban J connectivity index is 2.59. The van der Waals surface area contributed by atoms with Gasteiger partial charge in [-0.15, -0.1) is 0 Å². The van der Waals surface area contributed by atoms with Gasteiger partial charge in [-0.3, -0.25) is 4.79 Å². The number of hydrogen-bond donors (Lipinski definition) is 1. The van der Waals surface area contributed by atoms with Gasteiger partial charge in [0.05, 0.1) is 12.8 Å². The van der Waals surface area contributed by atoms with E-state index in [0.29, 0.717) is 18.6 Å². The molecule has 1 rings (SSSR count). The quantitative estimate of drug-likeness (QED) is 0.840. The minimum absolute atomic E-state index is 0.0539. The second-order valence-electron chi connectivity index (χ2n) is 4.81. The number of hydrogen-bond acceptors (Lipinski definition) is 3. The number of halogens is 3. The summed E-state index contributed by atoms with van der Waals surface area (Å²) < 4.78 is 42.5. The zero-order chi connectivity index (χ0) is 15.2. The highest BCUT2D eigenvalue weighted by molar-refractivity contribution is 5.76. The number of amides is 1. The molecule has 1 heterocycles. The standard InChI is InChI=1S/C13H19F3N2O2/c1-10(17)4-2-6-12(19)18(9-13(14,15)16)8-11-5-3-7-20-11/h3,5,7,10H,2,4,6,8-9,17H2,1H3. The third kappa shape index (κ3) is 6.60. The highest BCUT2D eigenvalue weighted by atomic mass is 19.4. The topological polar surface area (TPSA) is 59.5 Å². The summed E-state index contributed by atoms with van der Waals surface area (Å²) in [5.74, 6) is -0.214. The Bertz CT molecular complexity index is 402. The van der Waals surface area contributed by atoms with Gasteiger partial charge < -0.3 is 15.1 Å². The minimum Gasteiger partial charge on any atom is -0.467 e. The van der Waals surface area contributed by atoms with Crippen LogP contribution in [0.25, 0.3) is 0 Å². The SMILES string of the molecule is CC(N)CCCC(=O)N(Cc1ccco1)CC(F)(F)F. The molecule has 0 aliphatic heterocycles. The molecule has 1 amide bonds. The van der Waals surface area contributed by atoms with Crippen LogP contribution in [-0.2, 0) is 11.3 Å². The molecule has 1 aromatic rings. The fraction of sp³-hybridized carbons (Fsp3) is 0.615. The van der Waals surface area contributed by atoms with Crippen molar-refractivity contribution in [2.45, 2.75) is 44.9 Å². The van der Waals surface area contributed by atoms with Crippen LogP contribution in [0.2, 0.25) is 0 Å². The van der Waals surface area contributed by atoms with Crippen molar-refractivity contribution in [2.75, 3.05) is 6.54 Å². The fourth-order valence-corrected chi connectivity index (χ4v) is 1.77. The van der Waals surface area contributed by atoms with E-state index in [1.165, 1.54) is 6.26 Å². The molecule has 0 fully saturated rings. The summed E-state index contributed by atoms with van der Waals surface area (Å²) in [7, 11) is 0. The lowest BCUT2D eigenvalue weighted by atomic mass is 10.1. The van der Waals surface area contributed by atoms with Crippen molar-refractivity contribution < 1.29 is 22.4 Å². The van der Waals surface area contributed by atoms with E-state index < -0.39 is 18.6 Å². The van der Waals surface area contributed by atoms with Crippen LogP contribution in [0.4, 0.5) is 13.2 Å². The van der Waals surface area contributed by atoms with Crippen LogP contribution >= 0.6 is 0 Å². The van der Waals surface area contributed by atoms with Gasteiger partial charge in [0, 0.05) is 12.5 Å². The lowest BCUT2D eigenvalue weighted by Gasteiger charge is -2.23. The smallest absolute Gasteiger partial charge is 0.406 e. The van der Waals surface area contributed by atoms with Crippen LogP contribution < -0.4 is 5.73 Å². The number of furan rings is 1. The van der Waals surface area contributed by atoms with Gasteiger partial charge >= 0.3 is 6.18 Å². The first kappa shape index (κ1) is 16.6. The van der Waals surface area contributed by atoms with Gasteiger partial charge in [-0.1, -0.05) is 0 Å². The van der Waals surface area contributed by atoms with Crippen LogP contribution in [0.5, 0.6) is 0 Å². The Morgan fingerprint density at radius 3 is 2.70 bits per heavy atom. The summed E-state index contributed by atoms with van der Waals surface area (Å²) in [5, 5.41) is 0. The Labute approximate surface area is 115 Å². The summed E-state index contributed by atoms with van der Waals surface area (Å²) >= 11 is 0. The first-order valence-electron chi connectivity index (χ1n) is 6.40. The Morgan fingerprint density at radius 2 is 2.20 bits per heavy atom. The second-order valence-corrected chi connectivity index (χ2v) is 4.81. The molecule has 0 radical (unpaired) electrons. The van der Waals surface area contributed by atoms with Gasteiger partial charge in [-0.25, -0.2) is 0 Å². The lowest BCUT2D eigenvalue weighted by molar-refractivity contribution is -0.162. The Hall–Kier alpha value is -1.50. The maximum absolute atomic E-state index is 12.5. The summed E-state index contributed by atoms with van der Waals surface area (Å²) in [6.07, 6.45) is -1.93. The Kier molecular flexibility index (Phi) is 6.06. The zero-order valence-electron chi connectivity index (χ0n) is 11.3. The zero-order valence-corrected chi connectivity index (χ0v) is 11.3. The van der Waals surface area contributed by atoms with Crippen molar-refractivity contribution in [1.82, 2.24) is 4.90 Å². The van der Waals surface area contributed by atoms with Crippen LogP contribution in [0.15, 0.2) is 22.8 Å². The normalized spacial score (nSPS) is 13.2. The van der Waals surface area contributed by atoms with Crippen LogP contribution in [0, 0.1) is 0 Å². The van der Waals surface area contributed by atoms with E-state index in [2.05, 4.69) is 0 Å². The average Bonchev–Trinajstić information content (AvgIpc) is 2.78. The maximum atomic E-state index is 12.5. The number of nitrogens with zero attached hydrogens (tertiary/aromatic N) is 1. The fourth-order valence-electron chi connectivity index (χ4n) is 1.77. The summed E-state index contributed by atoms with van der Waals surface area (Å²) in [6, 6.07) is 3.05. The number of carbonyl (C=O) groups excluding carboxylic acids is 1. The van der Waals surface area contributed by atoms with Gasteiger partial charge in [0.25, 0.3) is 0 Å². The molecule has 20 heavy (non-hydrogen) atoms. The molecule has 114 valence electrons. The molecule has 4 nitrogen and oxygen atoms in total. The molecular formula is C13H19F3N2O2. The molecule has 0 saturated heterocycles. The average molecular weight is 292 g/mol. The molecule has 0 aliphatic rings. The summed E-state index contributed by atoms with van der Waals surface area (Å²) in [6.45, 7) is 0.342. The maximum Gasteiger partial charge on any atom is 0.406 e. The third-order valence-corrected chi connectivity index (χ3v) is 2.70. The van der Waals surface area contributed by atoms with Crippen LogP contribution in [0.1, 0.15) is 31.9 Å². The van der Waals surface area contributed by atoms with Crippen molar-refractivity contribution in [3.8, 4) is 0 Å². The summed E-state index contributed by atoms with van der Waals surface area (Å²) in [4.78, 5) is 12.6. The molecule has 1 aromatic heterocycles. The van der Waals surface area contributed by atoms with Crippen molar-refractivity contribution in [1.29, 1.82) is 0 Å². The third-order valence-electron chi connectivity index (χ3n) is 2.70. The van der Waals surface area contributed by atoms with Gasteiger partial charge in [-0.05, 0) is 31.9 Å². The predicted molar refractivity (Wildman–Crippen MR) is 67.7 cm³/mol. The molecule has 0 bridgehead atoms. The largest absolute Gasteiger partial charge is 0.467 e. The van der Waals surface area contributed by atoms with Crippen molar-refractivity contribution in [3.63, 3.8) is 0 Å². The van der Waals surface area contributed by atoms with E-state index in [0.717, 1.165) is 4.90 Å². The molecule has 0 aromatic carbocycles. The number of alkyl halides is 3. The Morgan fingerprint density at radius 1 is 1.50 bits per heavy atom. The number of rotatable bonds is 7. The highest BCUT2D eigenvalue weighted by Gasteiger charge is 2.33. The first-order chi connectivity index (χ1) is 9.28. The molecule has 0 spiro atoms. The highest BCUT2D eigenvalue weighted by Crippen LogP contribution is 2.19. The monoisotopic (exact) mass is 292 g/mol. The molecule has 1 unspecified atom stereocenters. The van der Waals surface area contributed by atoms with Crippen molar-refractivity contribution in [3.05, 3.63) is 24.2 Å². The van der Waals surface area contributed by atoms with Crippen molar-refractivity contribution >= 4 is 5.91 Å². The van der Waals surface area contributed by atoms with Gasteiger partial charge in [0.2, 0.25) is 5.91 Å². The van der Waals surface area contributed by atoms with Crippen LogP contribution in [-0.4, -0.2) is 29.6 Å². The van der Waals surface area contributed by atoms with Gasteiger partial charge in [0.1, 0.15) is 12.3 Å². The first-order valence-corrected chi connectivity index (χ1v) is 6.40. The van der Waals surface area contributed by atoms with Gasteiger partial charge in [-0.2, -0.15) is 13.2 Å². The molecular weight excluding hydrogens is 273 g/mol. The molecule has 2 N–H and O–H groups in total. The van der Waals surface area contributed by atoms with E-state index in [-0.39, 0.29) is 19.0 Å². The van der Waals surface area contributed by atoms with E-state index in [4.69, 9.17) is 10.2 Å². The molecule has 1 atom stereocenters. The van der Waals surface area contributed by atoms with E-state index in [9.17, 15) is 18.0 Å². The van der Waals surface area contributed by atoms with Crippen molar-refractivity contribution in [2.24, 2.45) is 5.73 Å². The van der Waals surface area contributed by atoms with Crippen LogP contribution in [0.3, 0.4) is 0 Å².